The number of alkyl carbamates (subject to hydrolysis) is 1. The zero-order chi connectivity index (χ0) is 24.1. The molecule has 0 saturated heterocycles. The number of hydrogen-bond acceptors (Lipinski definition) is 3. The summed E-state index contributed by atoms with van der Waals surface area (Å²) in [6.45, 7) is 6.12. The number of ether oxygens (including phenoxy) is 1. The Morgan fingerprint density at radius 1 is 1.06 bits per heavy atom. The summed E-state index contributed by atoms with van der Waals surface area (Å²) in [5.74, 6) is 0.0560. The van der Waals surface area contributed by atoms with Crippen LogP contribution in [0.4, 0.5) is 14.0 Å². The maximum Gasteiger partial charge on any atom is 0.407 e. The fourth-order valence-corrected chi connectivity index (χ4v) is 5.85. The van der Waals surface area contributed by atoms with Crippen molar-refractivity contribution in [2.45, 2.75) is 69.7 Å². The Balaban J connectivity index is 1.31. The Labute approximate surface area is 199 Å². The largest absolute Gasteiger partial charge is 0.444 e. The molecule has 2 bridgehead atoms. The van der Waals surface area contributed by atoms with E-state index in [1.165, 1.54) is 17.7 Å². The highest BCUT2D eigenvalue weighted by molar-refractivity contribution is 5.77. The standard InChI is InChI=1S/C27H32FN3O3/c1-26(2,3)34-25(33)29-22-16-27(14-19(22)15-27)30-24(32)31-13-12-17-6-4-5-7-21(17)23(31)18-8-10-20(28)11-9-18/h4-11,19,22-23H,12-16H2,1-3H3,(H,29,33)(H,30,32)/t19?,22-,23-,27?/m0/s1. The van der Waals surface area contributed by atoms with Gasteiger partial charge in [-0.1, -0.05) is 36.4 Å². The first-order valence-corrected chi connectivity index (χ1v) is 12.0. The number of fused-ring (bicyclic) bond motifs is 2. The minimum atomic E-state index is -0.544. The highest BCUT2D eigenvalue weighted by Gasteiger charge is 2.58. The Morgan fingerprint density at radius 2 is 1.76 bits per heavy atom. The molecule has 1 aliphatic heterocycles. The molecule has 3 aliphatic carbocycles. The van der Waals surface area contributed by atoms with Crippen molar-refractivity contribution in [1.82, 2.24) is 15.5 Å². The van der Waals surface area contributed by atoms with Gasteiger partial charge in [-0.25, -0.2) is 14.0 Å². The van der Waals surface area contributed by atoms with E-state index in [-0.39, 0.29) is 29.5 Å². The highest BCUT2D eigenvalue weighted by Crippen LogP contribution is 2.52. The third kappa shape index (κ3) is 4.36. The van der Waals surface area contributed by atoms with E-state index in [4.69, 9.17) is 4.74 Å². The summed E-state index contributed by atoms with van der Waals surface area (Å²) in [6.07, 6.45) is 2.78. The first kappa shape index (κ1) is 22.7. The molecule has 4 aliphatic rings. The second kappa shape index (κ2) is 8.29. The van der Waals surface area contributed by atoms with Crippen LogP contribution >= 0.6 is 0 Å². The average molecular weight is 466 g/mol. The van der Waals surface area contributed by atoms with Crippen LogP contribution in [0.15, 0.2) is 48.5 Å². The number of halogens is 1. The molecule has 3 saturated carbocycles. The Bertz CT molecular complexity index is 1090. The monoisotopic (exact) mass is 465 g/mol. The van der Waals surface area contributed by atoms with E-state index < -0.39 is 11.7 Å². The number of urea groups is 1. The van der Waals surface area contributed by atoms with Crippen molar-refractivity contribution in [3.63, 3.8) is 0 Å². The molecule has 2 atom stereocenters. The highest BCUT2D eigenvalue weighted by atomic mass is 19.1. The predicted octanol–water partition coefficient (Wildman–Crippen LogP) is 4.93. The molecule has 1 heterocycles. The number of amides is 3. The molecule has 0 unspecified atom stereocenters. The van der Waals surface area contributed by atoms with Crippen LogP contribution in [0.5, 0.6) is 0 Å². The van der Waals surface area contributed by atoms with E-state index >= 15 is 0 Å². The quantitative estimate of drug-likeness (QED) is 0.675. The number of rotatable bonds is 3. The molecule has 3 amide bonds. The summed E-state index contributed by atoms with van der Waals surface area (Å²) in [7, 11) is 0. The Morgan fingerprint density at radius 3 is 2.47 bits per heavy atom. The van der Waals surface area contributed by atoms with Crippen LogP contribution in [0, 0.1) is 11.7 Å². The van der Waals surface area contributed by atoms with Crippen LogP contribution in [-0.2, 0) is 11.2 Å². The van der Waals surface area contributed by atoms with Gasteiger partial charge in [0.05, 0.1) is 6.04 Å². The van der Waals surface area contributed by atoms with Crippen molar-refractivity contribution < 1.29 is 18.7 Å². The van der Waals surface area contributed by atoms with Crippen LogP contribution in [0.3, 0.4) is 0 Å². The van der Waals surface area contributed by atoms with Crippen molar-refractivity contribution in [3.05, 3.63) is 71.0 Å². The van der Waals surface area contributed by atoms with Crippen LogP contribution < -0.4 is 10.6 Å². The topological polar surface area (TPSA) is 70.7 Å². The second-order valence-electron chi connectivity index (χ2n) is 10.9. The lowest BCUT2D eigenvalue weighted by Gasteiger charge is -2.43. The van der Waals surface area contributed by atoms with Gasteiger partial charge < -0.3 is 20.3 Å². The third-order valence-electron chi connectivity index (χ3n) is 7.29. The first-order valence-electron chi connectivity index (χ1n) is 12.0. The lowest BCUT2D eigenvalue weighted by atomic mass is 9.77. The van der Waals surface area contributed by atoms with Crippen molar-refractivity contribution in [2.24, 2.45) is 5.92 Å². The van der Waals surface area contributed by atoms with Crippen molar-refractivity contribution in [1.29, 1.82) is 0 Å². The summed E-state index contributed by atoms with van der Waals surface area (Å²) in [5, 5.41) is 6.30. The van der Waals surface area contributed by atoms with E-state index in [1.807, 2.05) is 37.8 Å². The molecule has 3 fully saturated rings. The van der Waals surface area contributed by atoms with Gasteiger partial charge in [0.25, 0.3) is 0 Å². The van der Waals surface area contributed by atoms with Crippen molar-refractivity contribution in [2.75, 3.05) is 6.54 Å². The number of benzene rings is 2. The van der Waals surface area contributed by atoms with Crippen LogP contribution in [0.2, 0.25) is 0 Å². The maximum atomic E-state index is 13.6. The van der Waals surface area contributed by atoms with Gasteiger partial charge >= 0.3 is 12.1 Å². The molecule has 0 radical (unpaired) electrons. The lowest BCUT2D eigenvalue weighted by molar-refractivity contribution is 0.0493. The van der Waals surface area contributed by atoms with Crippen LogP contribution in [0.1, 0.15) is 62.8 Å². The zero-order valence-corrected chi connectivity index (χ0v) is 19.9. The second-order valence-corrected chi connectivity index (χ2v) is 10.9. The summed E-state index contributed by atoms with van der Waals surface area (Å²) in [4.78, 5) is 27.7. The SMILES string of the molecule is CC(C)(C)OC(=O)N[C@H]1CC2(NC(=O)N3CCc4ccccc4[C@@H]3c3ccc(F)cc3)CC1C2. The molecular formula is C27H32FN3O3. The van der Waals surface area contributed by atoms with Gasteiger partial charge in [-0.05, 0) is 81.2 Å². The summed E-state index contributed by atoms with van der Waals surface area (Å²) in [6, 6.07) is 14.2. The van der Waals surface area contributed by atoms with E-state index in [2.05, 4.69) is 22.8 Å². The normalized spacial score (nSPS) is 27.4. The van der Waals surface area contributed by atoms with Gasteiger partial charge in [0.1, 0.15) is 11.4 Å². The van der Waals surface area contributed by atoms with E-state index in [0.717, 1.165) is 30.4 Å². The third-order valence-corrected chi connectivity index (χ3v) is 7.29. The number of nitrogens with zero attached hydrogens (tertiary/aromatic N) is 1. The molecule has 7 heteroatoms. The van der Waals surface area contributed by atoms with Gasteiger partial charge in [-0.3, -0.25) is 0 Å². The minimum absolute atomic E-state index is 0.00475. The molecule has 2 aromatic rings. The van der Waals surface area contributed by atoms with E-state index in [9.17, 15) is 14.0 Å². The molecule has 6 nitrogen and oxygen atoms in total. The van der Waals surface area contributed by atoms with Crippen LogP contribution in [0.25, 0.3) is 0 Å². The molecule has 0 spiro atoms. The van der Waals surface area contributed by atoms with Crippen molar-refractivity contribution >= 4 is 12.1 Å². The molecule has 180 valence electrons. The lowest BCUT2D eigenvalue weighted by Crippen LogP contribution is -2.57. The average Bonchev–Trinajstić information content (AvgIpc) is 3.25. The summed E-state index contributed by atoms with van der Waals surface area (Å²) in [5.41, 5.74) is 2.34. The summed E-state index contributed by atoms with van der Waals surface area (Å²) >= 11 is 0. The van der Waals surface area contributed by atoms with Gasteiger partial charge in [0, 0.05) is 18.1 Å². The van der Waals surface area contributed by atoms with Crippen molar-refractivity contribution in [3.8, 4) is 0 Å². The molecular weight excluding hydrogens is 433 g/mol. The Hall–Kier alpha value is -3.09. The molecule has 34 heavy (non-hydrogen) atoms. The molecule has 2 aromatic carbocycles. The Kier molecular flexibility index (Phi) is 5.53. The first-order chi connectivity index (χ1) is 16.1. The fraction of sp³-hybridized carbons (Fsp3) is 0.481. The van der Waals surface area contributed by atoms with Gasteiger partial charge in [0.2, 0.25) is 0 Å². The van der Waals surface area contributed by atoms with E-state index in [0.29, 0.717) is 18.9 Å². The van der Waals surface area contributed by atoms with E-state index in [1.54, 1.807) is 12.1 Å². The number of nitrogens with one attached hydrogen (secondary N) is 2. The van der Waals surface area contributed by atoms with Gasteiger partial charge in [0.15, 0.2) is 0 Å². The smallest absolute Gasteiger partial charge is 0.407 e. The maximum absolute atomic E-state index is 13.6. The zero-order valence-electron chi connectivity index (χ0n) is 19.9. The number of carbonyl (C=O) groups excluding carboxylic acids is 2. The number of carbonyl (C=O) groups is 2. The minimum Gasteiger partial charge on any atom is -0.444 e. The fourth-order valence-electron chi connectivity index (χ4n) is 5.85. The number of hydrogen-bond donors (Lipinski definition) is 2. The summed E-state index contributed by atoms with van der Waals surface area (Å²) < 4.78 is 19.0. The van der Waals surface area contributed by atoms with Gasteiger partial charge in [-0.2, -0.15) is 0 Å². The van der Waals surface area contributed by atoms with Gasteiger partial charge in [-0.15, -0.1) is 0 Å². The van der Waals surface area contributed by atoms with Crippen LogP contribution in [-0.4, -0.2) is 40.8 Å². The molecule has 0 aromatic heterocycles. The molecule has 6 rings (SSSR count). The molecule has 2 N–H and O–H groups in total. The predicted molar refractivity (Wildman–Crippen MR) is 127 cm³/mol.